The summed E-state index contributed by atoms with van der Waals surface area (Å²) in [6, 6.07) is 29.3. The van der Waals surface area contributed by atoms with Gasteiger partial charge in [0.05, 0.1) is 16.8 Å². The minimum atomic E-state index is -2.23. The SMILES string of the molecule is CC(=O)C(Br)C(=O)OC(C)(C)C.CC(=O)C1(C(=O)OC(C)(C)C)OC2=C(C(=O)c3ccccc3C2=O)C1Nc1ccccc1.O=C1C(=O)c2ccccc2C(O)=C1C=Nc1ccccc1. The number of hydrogen-bond donors (Lipinski definition) is 2. The van der Waals surface area contributed by atoms with Crippen LogP contribution in [-0.2, 0) is 38.2 Å². The first-order chi connectivity index (χ1) is 30.5. The summed E-state index contributed by atoms with van der Waals surface area (Å²) in [7, 11) is 0. The van der Waals surface area contributed by atoms with Crippen LogP contribution >= 0.6 is 15.9 Å². The lowest BCUT2D eigenvalue weighted by molar-refractivity contribution is -0.179. The number of ether oxygens (including phenoxy) is 3. The van der Waals surface area contributed by atoms with E-state index in [1.807, 2.05) is 18.2 Å². The summed E-state index contributed by atoms with van der Waals surface area (Å²) in [5, 5.41) is 13.3. The highest BCUT2D eigenvalue weighted by Crippen LogP contribution is 2.44. The van der Waals surface area contributed by atoms with Crippen molar-refractivity contribution in [1.82, 2.24) is 0 Å². The van der Waals surface area contributed by atoms with E-state index in [1.165, 1.54) is 32.2 Å². The smallest absolute Gasteiger partial charge is 0.361 e. The average molecular weight is 948 g/mol. The fraction of sp³-hybridized carbons (Fsp3) is 0.260. The van der Waals surface area contributed by atoms with Crippen molar-refractivity contribution in [2.24, 2.45) is 4.99 Å². The van der Waals surface area contributed by atoms with Gasteiger partial charge in [-0.3, -0.25) is 38.6 Å². The number of aliphatic hydroxyl groups is 1. The Morgan fingerprint density at radius 3 is 1.68 bits per heavy atom. The Morgan fingerprint density at radius 1 is 0.692 bits per heavy atom. The highest BCUT2D eigenvalue weighted by molar-refractivity contribution is 9.10. The van der Waals surface area contributed by atoms with Crippen molar-refractivity contribution in [2.45, 2.75) is 83.1 Å². The number of carbonyl (C=O) groups is 8. The van der Waals surface area contributed by atoms with Gasteiger partial charge in [0, 0.05) is 34.2 Å². The molecule has 0 spiro atoms. The highest BCUT2D eigenvalue weighted by atomic mass is 79.9. The first kappa shape index (κ1) is 48.9. The Balaban J connectivity index is 0.000000206. The van der Waals surface area contributed by atoms with Crippen molar-refractivity contribution in [1.29, 1.82) is 0 Å². The minimum absolute atomic E-state index is 0.0568. The Hall–Kier alpha value is -7.13. The molecule has 3 aliphatic rings. The number of halogens is 1. The third-order valence-corrected chi connectivity index (χ3v) is 10.6. The molecule has 0 saturated heterocycles. The van der Waals surface area contributed by atoms with Gasteiger partial charge in [0.2, 0.25) is 17.3 Å². The summed E-state index contributed by atoms with van der Waals surface area (Å²) >= 11 is 2.94. The molecule has 14 nitrogen and oxygen atoms in total. The zero-order valence-corrected chi connectivity index (χ0v) is 38.5. The van der Waals surface area contributed by atoms with E-state index in [0.717, 1.165) is 0 Å². The summed E-state index contributed by atoms with van der Waals surface area (Å²) < 4.78 is 16.4. The third-order valence-electron chi connectivity index (χ3n) is 9.58. The molecule has 2 N–H and O–H groups in total. The van der Waals surface area contributed by atoms with Gasteiger partial charge in [-0.15, -0.1) is 0 Å². The molecule has 1 heterocycles. The van der Waals surface area contributed by atoms with Crippen molar-refractivity contribution >= 4 is 85.9 Å². The van der Waals surface area contributed by atoms with Crippen molar-refractivity contribution in [3.63, 3.8) is 0 Å². The van der Waals surface area contributed by atoms with Gasteiger partial charge in [-0.1, -0.05) is 101 Å². The Bertz CT molecular complexity index is 2670. The fourth-order valence-electron chi connectivity index (χ4n) is 6.64. The zero-order valence-electron chi connectivity index (χ0n) is 36.9. The van der Waals surface area contributed by atoms with Crippen molar-refractivity contribution in [3.8, 4) is 0 Å². The van der Waals surface area contributed by atoms with E-state index >= 15 is 0 Å². The van der Waals surface area contributed by atoms with Crippen LogP contribution < -0.4 is 5.32 Å². The van der Waals surface area contributed by atoms with Gasteiger partial charge in [-0.25, -0.2) is 4.79 Å². The molecule has 0 saturated carbocycles. The minimum Gasteiger partial charge on any atom is -0.506 e. The predicted octanol–water partition coefficient (Wildman–Crippen LogP) is 8.30. The molecule has 0 fully saturated rings. The van der Waals surface area contributed by atoms with Gasteiger partial charge in [-0.2, -0.15) is 0 Å². The van der Waals surface area contributed by atoms with Crippen LogP contribution in [0.5, 0.6) is 0 Å². The molecule has 2 aliphatic carbocycles. The molecule has 15 heteroatoms. The van der Waals surface area contributed by atoms with Crippen LogP contribution in [0.15, 0.2) is 131 Å². The number of aliphatic imine (C=N–C) groups is 1. The molecule has 3 unspecified atom stereocenters. The number of nitrogens with one attached hydrogen (secondary N) is 1. The largest absolute Gasteiger partial charge is 0.506 e. The van der Waals surface area contributed by atoms with E-state index in [-0.39, 0.29) is 45.1 Å². The number of hydrogen-bond acceptors (Lipinski definition) is 14. The first-order valence-electron chi connectivity index (χ1n) is 20.2. The van der Waals surface area contributed by atoms with Crippen LogP contribution in [0.25, 0.3) is 5.76 Å². The summed E-state index contributed by atoms with van der Waals surface area (Å²) in [6.07, 6.45) is 1.24. The van der Waals surface area contributed by atoms with E-state index in [1.54, 1.807) is 120 Å². The normalized spacial score (nSPS) is 18.1. The molecule has 0 amide bonds. The number of para-hydroxylation sites is 2. The molecule has 7 rings (SSSR count). The monoisotopic (exact) mass is 946 g/mol. The van der Waals surface area contributed by atoms with E-state index in [9.17, 15) is 43.5 Å². The number of fused-ring (bicyclic) bond motifs is 2. The zero-order chi connectivity index (χ0) is 48.0. The van der Waals surface area contributed by atoms with Crippen LogP contribution in [0.1, 0.15) is 92.0 Å². The number of esters is 2. The van der Waals surface area contributed by atoms with Crippen molar-refractivity contribution in [2.75, 3.05) is 5.32 Å². The molecule has 4 aromatic rings. The summed E-state index contributed by atoms with van der Waals surface area (Å²) in [5.74, 6) is -5.35. The molecule has 3 atom stereocenters. The van der Waals surface area contributed by atoms with E-state index in [4.69, 9.17) is 14.2 Å². The first-order valence-corrected chi connectivity index (χ1v) is 21.2. The third kappa shape index (κ3) is 11.0. The Kier molecular flexibility index (Phi) is 14.8. The Labute approximate surface area is 383 Å². The van der Waals surface area contributed by atoms with Gasteiger partial charge in [0.1, 0.15) is 23.0 Å². The molecular weight excluding hydrogens is 900 g/mol. The number of carbonyl (C=O) groups excluding carboxylic acids is 8. The standard InChI is InChI=1S/C25H23NO6.C17H11NO3.C8H13BrO3/c1-14(27)25(23(30)32-24(2,3)4)22(26-15-10-6-5-7-11-15)18-19(28)16-12-8-9-13-17(16)20(29)21(18)31-25;19-15-12-8-4-5-9-13(12)16(20)17(21)14(15)10-18-11-6-2-1-3-7-11;1-5(10)6(9)7(11)12-8(2,3)4/h5-13,22,26H,1-4H3;1-10,19H;6H,1-4H3. The fourth-order valence-corrected chi connectivity index (χ4v) is 6.74. The van der Waals surface area contributed by atoms with Crippen LogP contribution in [-0.4, -0.2) is 85.6 Å². The molecule has 0 radical (unpaired) electrons. The number of aliphatic hydroxyl groups excluding tert-OH is 1. The second-order valence-corrected chi connectivity index (χ2v) is 17.8. The van der Waals surface area contributed by atoms with Gasteiger partial charge >= 0.3 is 11.9 Å². The number of alkyl halides is 1. The lowest BCUT2D eigenvalue weighted by Gasteiger charge is -2.34. The van der Waals surface area contributed by atoms with E-state index < -0.39 is 68.5 Å². The van der Waals surface area contributed by atoms with E-state index in [2.05, 4.69) is 26.2 Å². The van der Waals surface area contributed by atoms with Crippen molar-refractivity contribution in [3.05, 3.63) is 148 Å². The molecule has 336 valence electrons. The number of Topliss-reactive ketones (excluding diaryl/α,β-unsaturated/α-hetero) is 6. The van der Waals surface area contributed by atoms with E-state index in [0.29, 0.717) is 16.9 Å². The predicted molar refractivity (Wildman–Crippen MR) is 245 cm³/mol. The topological polar surface area (TPSA) is 209 Å². The van der Waals surface area contributed by atoms with Crippen LogP contribution in [0.2, 0.25) is 0 Å². The Morgan fingerprint density at radius 2 is 1.17 bits per heavy atom. The summed E-state index contributed by atoms with van der Waals surface area (Å²) in [5.41, 5.74) is -1.73. The maximum absolute atomic E-state index is 13.5. The number of allylic oxidation sites excluding steroid dienone is 2. The summed E-state index contributed by atoms with van der Waals surface area (Å²) in [4.78, 5) is 102. The van der Waals surface area contributed by atoms with Gasteiger partial charge in [-0.05, 0) is 79.7 Å². The summed E-state index contributed by atoms with van der Waals surface area (Å²) in [6.45, 7) is 12.8. The molecule has 4 aromatic carbocycles. The van der Waals surface area contributed by atoms with Crippen molar-refractivity contribution < 1.29 is 57.7 Å². The van der Waals surface area contributed by atoms with Gasteiger partial charge < -0.3 is 24.6 Å². The molecule has 1 aliphatic heterocycles. The number of anilines is 1. The average Bonchev–Trinajstić information content (AvgIpc) is 3.61. The number of nitrogens with zero attached hydrogens (tertiary/aromatic N) is 1. The number of ketones is 6. The lowest BCUT2D eigenvalue weighted by atomic mass is 9.80. The highest BCUT2D eigenvalue weighted by Gasteiger charge is 2.64. The van der Waals surface area contributed by atoms with Crippen LogP contribution in [0.4, 0.5) is 11.4 Å². The molecule has 65 heavy (non-hydrogen) atoms. The van der Waals surface area contributed by atoms with Gasteiger partial charge in [0.15, 0.2) is 27.9 Å². The molecule has 0 aromatic heterocycles. The number of benzene rings is 4. The quantitative estimate of drug-likeness (QED) is 0.0561. The lowest BCUT2D eigenvalue weighted by Crippen LogP contribution is -2.59. The van der Waals surface area contributed by atoms with Crippen LogP contribution in [0, 0.1) is 0 Å². The van der Waals surface area contributed by atoms with Crippen LogP contribution in [0.3, 0.4) is 0 Å². The second-order valence-electron chi connectivity index (χ2n) is 16.9. The van der Waals surface area contributed by atoms with Gasteiger partial charge in [0.25, 0.3) is 5.60 Å². The number of rotatable bonds is 8. The maximum Gasteiger partial charge on any atom is 0.361 e. The molecular formula is C50H47BrN2O12. The molecule has 0 bridgehead atoms. The second kappa shape index (κ2) is 19.7. The maximum atomic E-state index is 13.5.